The van der Waals surface area contributed by atoms with Crippen LogP contribution in [-0.2, 0) is 0 Å². The van der Waals surface area contributed by atoms with E-state index in [1.165, 1.54) is 13.0 Å². The molecule has 23 heavy (non-hydrogen) atoms. The van der Waals surface area contributed by atoms with Crippen molar-refractivity contribution in [3.63, 3.8) is 0 Å². The summed E-state index contributed by atoms with van der Waals surface area (Å²) in [6, 6.07) is 13.0. The van der Waals surface area contributed by atoms with E-state index >= 15 is 0 Å². The maximum absolute atomic E-state index is 12.4. The fourth-order valence-corrected chi connectivity index (χ4v) is 2.10. The highest BCUT2D eigenvalue weighted by molar-refractivity contribution is 7.80. The van der Waals surface area contributed by atoms with Crippen LogP contribution in [0.2, 0.25) is 0 Å². The molecule has 0 aromatic heterocycles. The first-order valence-electron chi connectivity index (χ1n) is 6.68. The number of ketones is 1. The first kappa shape index (κ1) is 16.8. The molecule has 4 nitrogen and oxygen atoms in total. The Balaban J connectivity index is 2.08. The molecule has 2 aromatic carbocycles. The van der Waals surface area contributed by atoms with E-state index < -0.39 is 6.61 Å². The highest BCUT2D eigenvalue weighted by atomic mass is 32.1. The number of carbonyl (C=O) groups excluding carboxylic acids is 1. The number of halogens is 2. The van der Waals surface area contributed by atoms with Crippen LogP contribution < -0.4 is 15.4 Å². The molecule has 0 aliphatic heterocycles. The Labute approximate surface area is 137 Å². The molecule has 0 aliphatic carbocycles. The van der Waals surface area contributed by atoms with E-state index in [0.717, 1.165) is 0 Å². The fourth-order valence-electron chi connectivity index (χ4n) is 1.87. The lowest BCUT2D eigenvalue weighted by Crippen LogP contribution is -2.20. The highest BCUT2D eigenvalue weighted by Gasteiger charge is 2.10. The van der Waals surface area contributed by atoms with Gasteiger partial charge in [-0.25, -0.2) is 0 Å². The molecular formula is C16H14F2N2O2S. The molecule has 2 rings (SSSR count). The van der Waals surface area contributed by atoms with Crippen LogP contribution in [0.1, 0.15) is 17.3 Å². The normalized spacial score (nSPS) is 10.3. The van der Waals surface area contributed by atoms with Gasteiger partial charge in [-0.05, 0) is 43.4 Å². The number of alkyl halides is 2. The standard InChI is InChI=1S/C16H14F2N2O2S/c1-10(21)11-5-4-6-12(9-11)19-16(23)20-13-7-2-3-8-14(13)22-15(17)18/h2-9,15H,1H3,(H2,19,20,23). The second kappa shape index (κ2) is 7.64. The smallest absolute Gasteiger partial charge is 0.387 e. The van der Waals surface area contributed by atoms with E-state index in [-0.39, 0.29) is 16.6 Å². The first-order chi connectivity index (χ1) is 11.0. The quantitative estimate of drug-likeness (QED) is 0.630. The number of rotatable bonds is 5. The molecule has 0 unspecified atom stereocenters. The molecule has 2 aromatic rings. The highest BCUT2D eigenvalue weighted by Crippen LogP contribution is 2.25. The largest absolute Gasteiger partial charge is 0.433 e. The minimum Gasteiger partial charge on any atom is -0.433 e. The molecule has 0 fully saturated rings. The van der Waals surface area contributed by atoms with Crippen molar-refractivity contribution in [1.82, 2.24) is 0 Å². The van der Waals surface area contributed by atoms with Crippen molar-refractivity contribution < 1.29 is 18.3 Å². The van der Waals surface area contributed by atoms with Crippen LogP contribution in [0.25, 0.3) is 0 Å². The number of hydrogen-bond acceptors (Lipinski definition) is 3. The van der Waals surface area contributed by atoms with Crippen LogP contribution in [0.15, 0.2) is 48.5 Å². The summed E-state index contributed by atoms with van der Waals surface area (Å²) in [6.45, 7) is -1.46. The third-order valence-electron chi connectivity index (χ3n) is 2.88. The van der Waals surface area contributed by atoms with Crippen molar-refractivity contribution in [3.05, 3.63) is 54.1 Å². The van der Waals surface area contributed by atoms with Gasteiger partial charge in [0.25, 0.3) is 0 Å². The van der Waals surface area contributed by atoms with Gasteiger partial charge < -0.3 is 15.4 Å². The van der Waals surface area contributed by atoms with Gasteiger partial charge in [0, 0.05) is 11.3 Å². The molecule has 0 atom stereocenters. The molecule has 0 bridgehead atoms. The van der Waals surface area contributed by atoms with E-state index in [2.05, 4.69) is 15.4 Å². The minimum absolute atomic E-state index is 0.0101. The van der Waals surface area contributed by atoms with Crippen molar-refractivity contribution in [3.8, 4) is 5.75 Å². The molecule has 0 radical (unpaired) electrons. The lowest BCUT2D eigenvalue weighted by molar-refractivity contribution is -0.0493. The lowest BCUT2D eigenvalue weighted by atomic mass is 10.1. The zero-order valence-electron chi connectivity index (χ0n) is 12.2. The minimum atomic E-state index is -2.92. The van der Waals surface area contributed by atoms with Crippen molar-refractivity contribution in [1.29, 1.82) is 0 Å². The van der Waals surface area contributed by atoms with Crippen LogP contribution in [-0.4, -0.2) is 17.5 Å². The Bertz CT molecular complexity index is 723. The number of anilines is 2. The monoisotopic (exact) mass is 336 g/mol. The molecule has 7 heteroatoms. The molecular weight excluding hydrogens is 322 g/mol. The Morgan fingerprint density at radius 2 is 1.87 bits per heavy atom. The zero-order chi connectivity index (χ0) is 16.8. The molecule has 0 spiro atoms. The average Bonchev–Trinajstić information content (AvgIpc) is 2.49. The predicted molar refractivity (Wildman–Crippen MR) is 89.4 cm³/mol. The third-order valence-corrected chi connectivity index (χ3v) is 3.08. The van der Waals surface area contributed by atoms with Gasteiger partial charge in [-0.15, -0.1) is 0 Å². The Hall–Kier alpha value is -2.54. The van der Waals surface area contributed by atoms with Crippen molar-refractivity contribution >= 4 is 34.5 Å². The Kier molecular flexibility index (Phi) is 5.59. The number of Topliss-reactive ketones (excluding diaryl/α,β-unsaturated/α-hetero) is 1. The van der Waals surface area contributed by atoms with Crippen LogP contribution in [0, 0.1) is 0 Å². The second-order valence-corrected chi connectivity index (χ2v) is 5.00. The summed E-state index contributed by atoms with van der Waals surface area (Å²) in [5.41, 5.74) is 1.47. The summed E-state index contributed by atoms with van der Waals surface area (Å²) in [7, 11) is 0. The molecule has 0 heterocycles. The Morgan fingerprint density at radius 3 is 2.57 bits per heavy atom. The van der Waals surface area contributed by atoms with E-state index in [4.69, 9.17) is 12.2 Å². The number of thiocarbonyl (C=S) groups is 1. The van der Waals surface area contributed by atoms with Gasteiger partial charge in [0.1, 0.15) is 5.75 Å². The van der Waals surface area contributed by atoms with Gasteiger partial charge in [-0.2, -0.15) is 8.78 Å². The molecule has 120 valence electrons. The van der Waals surface area contributed by atoms with E-state index in [1.54, 1.807) is 42.5 Å². The summed E-state index contributed by atoms with van der Waals surface area (Å²) >= 11 is 5.15. The maximum Gasteiger partial charge on any atom is 0.387 e. The Morgan fingerprint density at radius 1 is 1.13 bits per heavy atom. The maximum atomic E-state index is 12.4. The SMILES string of the molecule is CC(=O)c1cccc(NC(=S)Nc2ccccc2OC(F)F)c1. The van der Waals surface area contributed by atoms with Crippen molar-refractivity contribution in [2.24, 2.45) is 0 Å². The van der Waals surface area contributed by atoms with E-state index in [0.29, 0.717) is 16.9 Å². The number of para-hydroxylation sites is 2. The number of ether oxygens (including phenoxy) is 1. The summed E-state index contributed by atoms with van der Waals surface area (Å²) in [4.78, 5) is 11.4. The number of benzene rings is 2. The van der Waals surface area contributed by atoms with E-state index in [1.807, 2.05) is 0 Å². The number of hydrogen-bond donors (Lipinski definition) is 2. The molecule has 0 aliphatic rings. The summed E-state index contributed by atoms with van der Waals surface area (Å²) < 4.78 is 29.2. The summed E-state index contributed by atoms with van der Waals surface area (Å²) in [6.07, 6.45) is 0. The average molecular weight is 336 g/mol. The van der Waals surface area contributed by atoms with Crippen LogP contribution in [0.5, 0.6) is 5.75 Å². The molecule has 2 N–H and O–H groups in total. The van der Waals surface area contributed by atoms with Gasteiger partial charge in [0.2, 0.25) is 0 Å². The van der Waals surface area contributed by atoms with Gasteiger partial charge in [0.15, 0.2) is 10.9 Å². The fraction of sp³-hybridized carbons (Fsp3) is 0.125. The van der Waals surface area contributed by atoms with E-state index in [9.17, 15) is 13.6 Å². The third kappa shape index (κ3) is 5.00. The summed E-state index contributed by atoms with van der Waals surface area (Å²) in [5, 5.41) is 5.87. The molecule has 0 saturated carbocycles. The van der Waals surface area contributed by atoms with Gasteiger partial charge in [-0.3, -0.25) is 4.79 Å². The van der Waals surface area contributed by atoms with Crippen molar-refractivity contribution in [2.75, 3.05) is 10.6 Å². The first-order valence-corrected chi connectivity index (χ1v) is 7.09. The molecule has 0 saturated heterocycles. The van der Waals surface area contributed by atoms with Crippen molar-refractivity contribution in [2.45, 2.75) is 13.5 Å². The predicted octanol–water partition coefficient (Wildman–Crippen LogP) is 4.30. The molecule has 0 amide bonds. The second-order valence-electron chi connectivity index (χ2n) is 4.59. The van der Waals surface area contributed by atoms with Crippen LogP contribution in [0.4, 0.5) is 20.2 Å². The van der Waals surface area contributed by atoms with Gasteiger partial charge >= 0.3 is 6.61 Å². The topological polar surface area (TPSA) is 50.4 Å². The van der Waals surface area contributed by atoms with Crippen LogP contribution in [0.3, 0.4) is 0 Å². The van der Waals surface area contributed by atoms with Crippen LogP contribution >= 0.6 is 12.2 Å². The van der Waals surface area contributed by atoms with Gasteiger partial charge in [-0.1, -0.05) is 24.3 Å². The number of carbonyl (C=O) groups is 1. The number of nitrogens with one attached hydrogen (secondary N) is 2. The summed E-state index contributed by atoms with van der Waals surface area (Å²) in [5.74, 6) is -0.0765. The zero-order valence-corrected chi connectivity index (χ0v) is 13.0. The lowest BCUT2D eigenvalue weighted by Gasteiger charge is -2.14. The van der Waals surface area contributed by atoms with Gasteiger partial charge in [0.05, 0.1) is 5.69 Å².